The Morgan fingerprint density at radius 2 is 0.701 bits per heavy atom. The summed E-state index contributed by atoms with van der Waals surface area (Å²) < 4.78 is 46.3. The predicted octanol–water partition coefficient (Wildman–Crippen LogP) is 12.1. The van der Waals surface area contributed by atoms with Crippen molar-refractivity contribution in [3.8, 4) is 0 Å². The first-order chi connectivity index (χ1) is 55.6. The summed E-state index contributed by atoms with van der Waals surface area (Å²) in [5.41, 5.74) is 20.6. The van der Waals surface area contributed by atoms with E-state index in [9.17, 15) is 47.4 Å². The van der Waals surface area contributed by atoms with Crippen molar-refractivity contribution in [3.05, 3.63) is 268 Å². The van der Waals surface area contributed by atoms with E-state index in [1.165, 1.54) is 102 Å². The topological polar surface area (TPSA) is 232 Å². The van der Waals surface area contributed by atoms with Crippen LogP contribution >= 0.6 is 13.5 Å². The Morgan fingerprint density at radius 3 is 0.991 bits per heavy atom. The average molecular weight is 1610 g/mol. The second-order valence-electron chi connectivity index (χ2n) is 32.0. The van der Waals surface area contributed by atoms with E-state index in [4.69, 9.17) is 16.2 Å². The van der Waals surface area contributed by atoms with Crippen LogP contribution < -0.4 is 31.5 Å². The number of aliphatic hydroxyl groups excluding tert-OH is 2. The number of carbonyl (C=O) groups excluding carboxylic acids is 5. The van der Waals surface area contributed by atoms with Gasteiger partial charge in [0.05, 0.1) is 62.6 Å². The molecule has 614 valence electrons. The highest BCUT2D eigenvalue weighted by molar-refractivity contribution is 7.59. The molecule has 0 bridgehead atoms. The van der Waals surface area contributed by atoms with Gasteiger partial charge in [0.1, 0.15) is 34.1 Å². The van der Waals surface area contributed by atoms with E-state index >= 15 is 0 Å². The van der Waals surface area contributed by atoms with Gasteiger partial charge in [-0.2, -0.15) is 13.5 Å². The molecule has 0 radical (unpaired) electrons. The fourth-order valence-electron chi connectivity index (χ4n) is 18.5. The number of benzene rings is 10. The maximum atomic E-state index is 13.7. The number of fused-ring (bicyclic) bond motifs is 4. The minimum atomic E-state index is -0.765. The van der Waals surface area contributed by atoms with Crippen molar-refractivity contribution in [1.29, 1.82) is 0 Å². The number of nitrogens with one attached hydrogen (secondary N) is 1. The van der Waals surface area contributed by atoms with Gasteiger partial charge < -0.3 is 55.8 Å². The van der Waals surface area contributed by atoms with Crippen LogP contribution in [0.15, 0.2) is 206 Å². The lowest BCUT2D eigenvalue weighted by molar-refractivity contribution is -0.135. The molecule has 18 rings (SSSR count). The summed E-state index contributed by atoms with van der Waals surface area (Å²) in [6.07, 6.45) is 2.82. The van der Waals surface area contributed by atoms with E-state index in [1.54, 1.807) is 70.5 Å². The number of piperidine rings is 3. The first-order valence-corrected chi connectivity index (χ1v) is 40.0. The third kappa shape index (κ3) is 17.7. The standard InChI is InChI=1S/2C28H33FN4O2.C28H30FN3O2.C8H5NO2.CH4.H2S/c2*1-20-4-2-5-21-6-3-7-22(26(20)21)17-31-14-12-28(13-15-31)27(35)32(18-25(34)16-30)19-33(28)24-10-8-23(29)9-11-24;1-20-4-2-5-21-6-3-7-22(26(20)21)16-30-14-12-28(13-15-30)27(33)31(17-25-18-34-25)19-32(28)24-10-8-23(29)9-11-24;10-7-5-3-1-2-4-6(5)8(11)9-7;;/h2*2-11,25,34H,12-19,30H2,1H3;2-11,25H,12-19H2,1H3;1-4H,(H,9,10,11);1H4;1H2/t2*25-;;;;/m11..../s1. The lowest BCUT2D eigenvalue weighted by atomic mass is 9.85. The van der Waals surface area contributed by atoms with Crippen LogP contribution in [-0.4, -0.2) is 203 Å². The zero-order chi connectivity index (χ0) is 80.3. The number of amides is 5. The van der Waals surface area contributed by atoms with E-state index < -0.39 is 28.8 Å². The number of anilines is 3. The molecule has 24 heteroatoms. The maximum absolute atomic E-state index is 13.7. The highest BCUT2D eigenvalue weighted by Crippen LogP contribution is 2.45. The van der Waals surface area contributed by atoms with Gasteiger partial charge in [-0.15, -0.1) is 0 Å². The number of β-amino-alcohol motifs (C(OH)–C–C–N with tert-alkyl or cyclic N) is 2. The Bertz CT molecular complexity index is 4970. The first kappa shape index (κ1) is 84.7. The van der Waals surface area contributed by atoms with Crippen LogP contribution in [0, 0.1) is 38.2 Å². The number of aliphatic hydroxyl groups is 2. The lowest BCUT2D eigenvalue weighted by Gasteiger charge is -2.43. The number of nitrogens with two attached hydrogens (primary N) is 2. The number of nitrogens with zero attached hydrogens (tertiary/aromatic N) is 9. The molecule has 7 saturated heterocycles. The van der Waals surface area contributed by atoms with Gasteiger partial charge in [-0.1, -0.05) is 129 Å². The van der Waals surface area contributed by atoms with Gasteiger partial charge in [0, 0.05) is 102 Å². The van der Waals surface area contributed by atoms with Crippen LogP contribution in [0.1, 0.15) is 100 Å². The predicted molar refractivity (Wildman–Crippen MR) is 459 cm³/mol. The summed E-state index contributed by atoms with van der Waals surface area (Å²) in [6.45, 7) is 17.1. The fraction of sp³-hybridized carbons (Fsp3) is 0.366. The molecule has 1 unspecified atom stereocenters. The second kappa shape index (κ2) is 36.3. The third-order valence-electron chi connectivity index (χ3n) is 24.7. The molecule has 0 saturated carbocycles. The molecule has 5 amide bonds. The number of likely N-dealkylation sites (tertiary alicyclic amines) is 3. The Labute approximate surface area is 689 Å². The van der Waals surface area contributed by atoms with Gasteiger partial charge >= 0.3 is 0 Å². The largest absolute Gasteiger partial charge is 0.390 e. The average Bonchev–Trinajstić information content (AvgIpc) is 1.61. The van der Waals surface area contributed by atoms with E-state index in [2.05, 4.69) is 165 Å². The molecule has 117 heavy (non-hydrogen) atoms. The molecular formula is C93H107F3N12O8S. The summed E-state index contributed by atoms with van der Waals surface area (Å²) in [7, 11) is 0. The molecule has 10 aromatic carbocycles. The number of epoxide rings is 1. The van der Waals surface area contributed by atoms with Crippen molar-refractivity contribution in [2.45, 2.75) is 121 Å². The summed E-state index contributed by atoms with van der Waals surface area (Å²) in [4.78, 5) is 82.1. The first-order valence-electron chi connectivity index (χ1n) is 40.0. The number of hydrogen-bond acceptors (Lipinski definition) is 16. The van der Waals surface area contributed by atoms with Crippen molar-refractivity contribution in [2.24, 2.45) is 11.5 Å². The highest BCUT2D eigenvalue weighted by atomic mass is 32.1. The number of ether oxygens (including phenoxy) is 1. The van der Waals surface area contributed by atoms with Crippen LogP contribution in [0.3, 0.4) is 0 Å². The minimum absolute atomic E-state index is 0. The van der Waals surface area contributed by atoms with Crippen molar-refractivity contribution in [2.75, 3.05) is 113 Å². The fourth-order valence-corrected chi connectivity index (χ4v) is 18.5. The van der Waals surface area contributed by atoms with E-state index in [-0.39, 0.29) is 100 Å². The zero-order valence-corrected chi connectivity index (χ0v) is 67.0. The molecule has 3 spiro atoms. The number of hydrogen-bond donors (Lipinski definition) is 5. The molecule has 0 aromatic heterocycles. The van der Waals surface area contributed by atoms with Crippen LogP contribution in [0.2, 0.25) is 0 Å². The van der Waals surface area contributed by atoms with Crippen LogP contribution in [0.5, 0.6) is 0 Å². The second-order valence-corrected chi connectivity index (χ2v) is 32.0. The van der Waals surface area contributed by atoms with Crippen molar-refractivity contribution in [3.63, 3.8) is 0 Å². The molecule has 8 aliphatic heterocycles. The molecule has 7 fully saturated rings. The Balaban J connectivity index is 0.000000141. The number of rotatable bonds is 17. The Morgan fingerprint density at radius 1 is 0.419 bits per heavy atom. The van der Waals surface area contributed by atoms with Crippen molar-refractivity contribution in [1.82, 2.24) is 34.7 Å². The van der Waals surface area contributed by atoms with E-state index in [0.717, 1.165) is 95.4 Å². The molecule has 20 nitrogen and oxygen atoms in total. The number of halogens is 3. The van der Waals surface area contributed by atoms with Gasteiger partial charge in [-0.05, 0) is 210 Å². The van der Waals surface area contributed by atoms with Gasteiger partial charge in [0.15, 0.2) is 0 Å². The quantitative estimate of drug-likeness (QED) is 0.0421. The monoisotopic (exact) mass is 1610 g/mol. The SMILES string of the molecule is C.Cc1cccc2cccc(CN3CCC4(CC3)C(=O)N(CC3CO3)CN4c3ccc(F)cc3)c12.Cc1cccc2cccc(CN3CCC4(CC3)C(=O)N(C[C@H](O)CN)CN4c3ccc(F)cc3)c12.Cc1cccc2cccc(CN3CCC4(CC3)C(=O)N(C[C@H](O)CN)CN4c3ccc(F)cc3)c12.O=C1NC(=O)c2ccccc21.S. The van der Waals surface area contributed by atoms with Crippen LogP contribution in [0.25, 0.3) is 32.3 Å². The van der Waals surface area contributed by atoms with Gasteiger partial charge in [0.25, 0.3) is 11.8 Å². The number of imide groups is 1. The molecule has 10 aromatic rings. The normalized spacial score (nSPS) is 19.3. The zero-order valence-electron chi connectivity index (χ0n) is 66.0. The molecule has 3 atom stereocenters. The lowest BCUT2D eigenvalue weighted by Crippen LogP contribution is -2.56. The number of aryl methyl sites for hydroxylation is 3. The smallest absolute Gasteiger partial charge is 0.258 e. The maximum Gasteiger partial charge on any atom is 0.258 e. The number of carbonyl (C=O) groups is 5. The molecule has 8 heterocycles. The molecule has 7 N–H and O–H groups in total. The van der Waals surface area contributed by atoms with Gasteiger partial charge in [-0.3, -0.25) is 44.0 Å². The Hall–Kier alpha value is -10.3. The summed E-state index contributed by atoms with van der Waals surface area (Å²) in [5, 5.41) is 30.2. The summed E-state index contributed by atoms with van der Waals surface area (Å²) in [5.74, 6) is -1.23. The van der Waals surface area contributed by atoms with Gasteiger partial charge in [0.2, 0.25) is 17.7 Å². The van der Waals surface area contributed by atoms with Gasteiger partial charge in [-0.25, -0.2) is 13.2 Å². The summed E-state index contributed by atoms with van der Waals surface area (Å²) >= 11 is 0. The third-order valence-corrected chi connectivity index (χ3v) is 24.7. The van der Waals surface area contributed by atoms with Crippen LogP contribution in [-0.2, 0) is 38.8 Å². The highest BCUT2D eigenvalue weighted by Gasteiger charge is 2.57. The van der Waals surface area contributed by atoms with E-state index in [0.29, 0.717) is 63.4 Å². The molecule has 0 aliphatic carbocycles. The van der Waals surface area contributed by atoms with Crippen LogP contribution in [0.4, 0.5) is 30.2 Å². The summed E-state index contributed by atoms with van der Waals surface area (Å²) in [6, 6.07) is 64.7. The Kier molecular flexibility index (Phi) is 26.3. The van der Waals surface area contributed by atoms with Crippen molar-refractivity contribution >= 4 is 92.4 Å². The minimum Gasteiger partial charge on any atom is -0.390 e. The molecular weight excluding hydrogens is 1500 g/mol. The van der Waals surface area contributed by atoms with Crippen molar-refractivity contribution < 1.29 is 52.1 Å². The molecule has 8 aliphatic rings. The van der Waals surface area contributed by atoms with E-state index in [1.807, 2.05) is 4.90 Å².